The summed E-state index contributed by atoms with van der Waals surface area (Å²) in [5.74, 6) is -1.08. The number of halogens is 3. The van der Waals surface area contributed by atoms with Gasteiger partial charge in [0.1, 0.15) is 6.54 Å². The summed E-state index contributed by atoms with van der Waals surface area (Å²) in [6.07, 6.45) is -4.23. The van der Waals surface area contributed by atoms with Crippen LogP contribution in [0.2, 0.25) is 0 Å². The van der Waals surface area contributed by atoms with Gasteiger partial charge in [0.2, 0.25) is 5.91 Å². The third-order valence-corrected chi connectivity index (χ3v) is 3.72. The van der Waals surface area contributed by atoms with Crippen LogP contribution in [-0.2, 0) is 4.79 Å². The second kappa shape index (κ2) is 8.51. The molecule has 0 aromatic heterocycles. The van der Waals surface area contributed by atoms with E-state index in [0.717, 1.165) is 5.56 Å². The molecule has 26 heavy (non-hydrogen) atoms. The molecule has 138 valence electrons. The zero-order valence-electron chi connectivity index (χ0n) is 14.1. The lowest BCUT2D eigenvalue weighted by molar-refractivity contribution is -0.123. The number of carbonyl (C=O) groups excluding carboxylic acids is 2. The molecule has 0 radical (unpaired) electrons. The lowest BCUT2D eigenvalue weighted by Crippen LogP contribution is -2.33. The molecule has 2 aromatic carbocycles. The van der Waals surface area contributed by atoms with Crippen LogP contribution in [0.25, 0.3) is 0 Å². The fraction of sp³-hybridized carbons (Fsp3) is 0.263. The van der Waals surface area contributed by atoms with Crippen LogP contribution < -0.4 is 10.6 Å². The van der Waals surface area contributed by atoms with Gasteiger partial charge < -0.3 is 10.6 Å². The van der Waals surface area contributed by atoms with Crippen LogP contribution in [-0.4, -0.2) is 24.5 Å². The van der Waals surface area contributed by atoms with Crippen LogP contribution in [0.5, 0.6) is 0 Å². The molecule has 0 bridgehead atoms. The van der Waals surface area contributed by atoms with Crippen molar-refractivity contribution < 1.29 is 22.8 Å². The standard InChI is InChI=1S/C19H19F3N2O2/c1-13(14-6-3-2-4-7-14)10-17(25)24-16-9-5-8-15(11-16)18(26)23-12-19(20,21)22/h2-9,11,13H,10,12H2,1H3,(H,23,26)(H,24,25)/t13-/m1/s1. The molecule has 2 amide bonds. The Hall–Kier alpha value is -2.83. The number of carbonyl (C=O) groups is 2. The third kappa shape index (κ3) is 6.23. The normalized spacial score (nSPS) is 12.3. The van der Waals surface area contributed by atoms with E-state index >= 15 is 0 Å². The zero-order chi connectivity index (χ0) is 19.2. The molecule has 0 saturated heterocycles. The molecule has 1 atom stereocenters. The number of anilines is 1. The van der Waals surface area contributed by atoms with Gasteiger partial charge in [0.15, 0.2) is 0 Å². The number of amides is 2. The fourth-order valence-corrected chi connectivity index (χ4v) is 2.41. The smallest absolute Gasteiger partial charge is 0.343 e. The second-order valence-corrected chi connectivity index (χ2v) is 5.94. The number of benzene rings is 2. The van der Waals surface area contributed by atoms with Crippen molar-refractivity contribution in [2.75, 3.05) is 11.9 Å². The quantitative estimate of drug-likeness (QED) is 0.810. The molecule has 0 saturated carbocycles. The topological polar surface area (TPSA) is 58.2 Å². The van der Waals surface area contributed by atoms with E-state index in [2.05, 4.69) is 5.32 Å². The fourth-order valence-electron chi connectivity index (χ4n) is 2.41. The Balaban J connectivity index is 1.95. The highest BCUT2D eigenvalue weighted by Crippen LogP contribution is 2.20. The van der Waals surface area contributed by atoms with Crippen molar-refractivity contribution in [3.63, 3.8) is 0 Å². The monoisotopic (exact) mass is 364 g/mol. The highest BCUT2D eigenvalue weighted by atomic mass is 19.4. The highest BCUT2D eigenvalue weighted by Gasteiger charge is 2.27. The summed E-state index contributed by atoms with van der Waals surface area (Å²) in [5, 5.41) is 4.47. The predicted molar refractivity (Wildman–Crippen MR) is 92.9 cm³/mol. The molecular formula is C19H19F3N2O2. The molecule has 0 fully saturated rings. The summed E-state index contributed by atoms with van der Waals surface area (Å²) in [6.45, 7) is 0.521. The van der Waals surface area contributed by atoms with Crippen molar-refractivity contribution in [2.24, 2.45) is 0 Å². The van der Waals surface area contributed by atoms with Crippen molar-refractivity contribution in [1.29, 1.82) is 0 Å². The van der Waals surface area contributed by atoms with Gasteiger partial charge in [-0.15, -0.1) is 0 Å². The van der Waals surface area contributed by atoms with E-state index in [9.17, 15) is 22.8 Å². The van der Waals surface area contributed by atoms with Crippen molar-refractivity contribution in [3.8, 4) is 0 Å². The molecule has 0 aliphatic heterocycles. The van der Waals surface area contributed by atoms with Gasteiger partial charge in [0.25, 0.3) is 5.91 Å². The summed E-state index contributed by atoms with van der Waals surface area (Å²) in [5.41, 5.74) is 1.43. The van der Waals surface area contributed by atoms with E-state index < -0.39 is 18.6 Å². The van der Waals surface area contributed by atoms with Crippen molar-refractivity contribution in [3.05, 3.63) is 65.7 Å². The Labute approximate surface area is 149 Å². The summed E-state index contributed by atoms with van der Waals surface area (Å²) in [4.78, 5) is 23.9. The molecule has 7 heteroatoms. The summed E-state index contributed by atoms with van der Waals surface area (Å²) < 4.78 is 36.5. The van der Waals surface area contributed by atoms with Crippen LogP contribution in [0.3, 0.4) is 0 Å². The van der Waals surface area contributed by atoms with Gasteiger partial charge in [-0.3, -0.25) is 9.59 Å². The Morgan fingerprint density at radius 1 is 1.04 bits per heavy atom. The van der Waals surface area contributed by atoms with Gasteiger partial charge in [-0.05, 0) is 29.7 Å². The Bertz CT molecular complexity index is 761. The van der Waals surface area contributed by atoms with Gasteiger partial charge in [0.05, 0.1) is 0 Å². The van der Waals surface area contributed by atoms with Crippen molar-refractivity contribution in [2.45, 2.75) is 25.4 Å². The zero-order valence-corrected chi connectivity index (χ0v) is 14.1. The maximum atomic E-state index is 12.2. The van der Waals surface area contributed by atoms with E-state index in [4.69, 9.17) is 0 Å². The van der Waals surface area contributed by atoms with Gasteiger partial charge in [-0.1, -0.05) is 43.3 Å². The number of nitrogens with one attached hydrogen (secondary N) is 2. The largest absolute Gasteiger partial charge is 0.405 e. The van der Waals surface area contributed by atoms with Gasteiger partial charge in [-0.25, -0.2) is 0 Å². The van der Waals surface area contributed by atoms with Gasteiger partial charge >= 0.3 is 6.18 Å². The van der Waals surface area contributed by atoms with Crippen LogP contribution >= 0.6 is 0 Å². The van der Waals surface area contributed by atoms with Crippen molar-refractivity contribution in [1.82, 2.24) is 5.32 Å². The molecule has 0 aliphatic carbocycles. The maximum absolute atomic E-state index is 12.2. The van der Waals surface area contributed by atoms with E-state index in [0.29, 0.717) is 5.69 Å². The number of rotatable bonds is 6. The predicted octanol–water partition coefficient (Wildman–Crippen LogP) is 4.11. The average molecular weight is 364 g/mol. The number of hydrogen-bond donors (Lipinski definition) is 2. The minimum Gasteiger partial charge on any atom is -0.343 e. The average Bonchev–Trinajstić information content (AvgIpc) is 2.60. The Kier molecular flexibility index (Phi) is 6.38. The van der Waals surface area contributed by atoms with Crippen LogP contribution in [0.15, 0.2) is 54.6 Å². The van der Waals surface area contributed by atoms with Crippen LogP contribution in [0.4, 0.5) is 18.9 Å². The van der Waals surface area contributed by atoms with Crippen LogP contribution in [0, 0.1) is 0 Å². The first-order valence-corrected chi connectivity index (χ1v) is 8.04. The minimum atomic E-state index is -4.48. The maximum Gasteiger partial charge on any atom is 0.405 e. The van der Waals surface area contributed by atoms with Gasteiger partial charge in [0, 0.05) is 17.7 Å². The highest BCUT2D eigenvalue weighted by molar-refractivity contribution is 5.97. The number of hydrogen-bond acceptors (Lipinski definition) is 2. The molecule has 2 aromatic rings. The van der Waals surface area contributed by atoms with Crippen LogP contribution in [0.1, 0.15) is 35.2 Å². The molecule has 0 spiro atoms. The minimum absolute atomic E-state index is 0.00877. The Morgan fingerprint density at radius 3 is 2.38 bits per heavy atom. The molecule has 2 N–H and O–H groups in total. The molecular weight excluding hydrogens is 345 g/mol. The molecule has 0 heterocycles. The van der Waals surface area contributed by atoms with Gasteiger partial charge in [-0.2, -0.15) is 13.2 Å². The molecule has 0 aliphatic rings. The van der Waals surface area contributed by atoms with Crippen molar-refractivity contribution >= 4 is 17.5 Å². The third-order valence-electron chi connectivity index (χ3n) is 3.72. The summed E-state index contributed by atoms with van der Waals surface area (Å²) >= 11 is 0. The Morgan fingerprint density at radius 2 is 1.73 bits per heavy atom. The lowest BCUT2D eigenvalue weighted by atomic mass is 9.97. The molecule has 4 nitrogen and oxygen atoms in total. The first-order valence-electron chi connectivity index (χ1n) is 8.04. The first kappa shape index (κ1) is 19.5. The SMILES string of the molecule is C[C@H](CC(=O)Nc1cccc(C(=O)NCC(F)(F)F)c1)c1ccccc1. The summed E-state index contributed by atoms with van der Waals surface area (Å²) in [7, 11) is 0. The summed E-state index contributed by atoms with van der Waals surface area (Å²) in [6, 6.07) is 15.4. The second-order valence-electron chi connectivity index (χ2n) is 5.94. The number of alkyl halides is 3. The molecule has 0 unspecified atom stereocenters. The van der Waals surface area contributed by atoms with E-state index in [1.165, 1.54) is 18.2 Å². The van der Waals surface area contributed by atoms with E-state index in [1.807, 2.05) is 37.3 Å². The van der Waals surface area contributed by atoms with E-state index in [1.54, 1.807) is 11.4 Å². The van der Waals surface area contributed by atoms with E-state index in [-0.39, 0.29) is 23.8 Å². The first-order chi connectivity index (χ1) is 12.2. The molecule has 2 rings (SSSR count). The lowest BCUT2D eigenvalue weighted by Gasteiger charge is -2.13.